The van der Waals surface area contributed by atoms with Crippen molar-refractivity contribution in [1.82, 2.24) is 15.1 Å². The maximum atomic E-state index is 12.1. The average molecular weight is 285 g/mol. The van der Waals surface area contributed by atoms with Crippen LogP contribution < -0.4 is 5.32 Å². The lowest BCUT2D eigenvalue weighted by atomic mass is 10.0. The van der Waals surface area contributed by atoms with Crippen LogP contribution in [-0.4, -0.2) is 26.4 Å². The number of amides is 1. The van der Waals surface area contributed by atoms with Gasteiger partial charge in [-0.25, -0.2) is 4.68 Å². The van der Waals surface area contributed by atoms with Gasteiger partial charge in [0.05, 0.1) is 5.69 Å². The molecule has 1 aliphatic carbocycles. The maximum absolute atomic E-state index is 12.1. The average Bonchev–Trinajstić information content (AvgIpc) is 3.17. The minimum atomic E-state index is -1.17. The molecule has 21 heavy (non-hydrogen) atoms. The van der Waals surface area contributed by atoms with Crippen molar-refractivity contribution in [1.29, 1.82) is 0 Å². The van der Waals surface area contributed by atoms with Crippen LogP contribution in [0.4, 0.5) is 0 Å². The Morgan fingerprint density at radius 3 is 2.86 bits per heavy atom. The summed E-state index contributed by atoms with van der Waals surface area (Å²) in [6, 6.07) is 9.69. The molecule has 5 nitrogen and oxygen atoms in total. The van der Waals surface area contributed by atoms with Gasteiger partial charge >= 0.3 is 0 Å². The minimum Gasteiger partial charge on any atom is -0.380 e. The second kappa shape index (κ2) is 5.69. The number of aromatic nitrogens is 2. The Hall–Kier alpha value is -2.14. The molecule has 1 aromatic carbocycles. The standard InChI is InChI=1S/C16H19N3O2/c20-15(16(21)7-1-2-8-16)17-12-13-5-3-6-14(11-13)19-10-4-9-18-19/h3-6,9-11,21H,1-2,7-8,12H2,(H,17,20). The Morgan fingerprint density at radius 1 is 1.33 bits per heavy atom. The molecule has 1 aliphatic rings. The van der Waals surface area contributed by atoms with Crippen LogP contribution in [0.3, 0.4) is 0 Å². The predicted octanol–water partition coefficient (Wildman–Crippen LogP) is 1.79. The van der Waals surface area contributed by atoms with E-state index in [0.717, 1.165) is 24.1 Å². The van der Waals surface area contributed by atoms with Crippen molar-refractivity contribution in [3.8, 4) is 5.69 Å². The Balaban J connectivity index is 1.66. The highest BCUT2D eigenvalue weighted by atomic mass is 16.3. The van der Waals surface area contributed by atoms with E-state index < -0.39 is 5.60 Å². The van der Waals surface area contributed by atoms with E-state index in [0.29, 0.717) is 19.4 Å². The number of benzene rings is 1. The van der Waals surface area contributed by atoms with Crippen molar-refractivity contribution in [2.75, 3.05) is 0 Å². The molecule has 2 aromatic rings. The smallest absolute Gasteiger partial charge is 0.252 e. The summed E-state index contributed by atoms with van der Waals surface area (Å²) in [5.74, 6) is -0.260. The SMILES string of the molecule is O=C(NCc1cccc(-n2cccn2)c1)C1(O)CCCC1. The molecule has 3 rings (SSSR count). The number of nitrogens with one attached hydrogen (secondary N) is 1. The Kier molecular flexibility index (Phi) is 3.75. The van der Waals surface area contributed by atoms with Crippen LogP contribution in [0, 0.1) is 0 Å². The zero-order chi connectivity index (χ0) is 14.7. The summed E-state index contributed by atoms with van der Waals surface area (Å²) < 4.78 is 1.77. The van der Waals surface area contributed by atoms with Crippen LogP contribution in [0.1, 0.15) is 31.2 Å². The highest BCUT2D eigenvalue weighted by molar-refractivity contribution is 5.85. The van der Waals surface area contributed by atoms with E-state index in [4.69, 9.17) is 0 Å². The molecule has 1 aromatic heterocycles. The van der Waals surface area contributed by atoms with Gasteiger partial charge in [-0.1, -0.05) is 12.1 Å². The van der Waals surface area contributed by atoms with Gasteiger partial charge in [0.2, 0.25) is 0 Å². The predicted molar refractivity (Wildman–Crippen MR) is 78.8 cm³/mol. The fourth-order valence-electron chi connectivity index (χ4n) is 2.76. The zero-order valence-corrected chi connectivity index (χ0v) is 11.8. The number of nitrogens with zero attached hydrogens (tertiary/aromatic N) is 2. The second-order valence-corrected chi connectivity index (χ2v) is 5.54. The number of hydrogen-bond donors (Lipinski definition) is 2. The van der Waals surface area contributed by atoms with Gasteiger partial charge in [0.1, 0.15) is 5.60 Å². The minimum absolute atomic E-state index is 0.260. The molecule has 110 valence electrons. The molecule has 1 saturated carbocycles. The van der Waals surface area contributed by atoms with Crippen molar-refractivity contribution < 1.29 is 9.90 Å². The molecule has 0 bridgehead atoms. The number of carbonyl (C=O) groups is 1. The first-order valence-corrected chi connectivity index (χ1v) is 7.27. The topological polar surface area (TPSA) is 67.2 Å². The van der Waals surface area contributed by atoms with Crippen molar-refractivity contribution in [3.05, 3.63) is 48.3 Å². The summed E-state index contributed by atoms with van der Waals surface area (Å²) in [5.41, 5.74) is 0.767. The van der Waals surface area contributed by atoms with E-state index in [-0.39, 0.29) is 5.91 Å². The van der Waals surface area contributed by atoms with Crippen molar-refractivity contribution in [2.45, 2.75) is 37.8 Å². The number of aliphatic hydroxyl groups is 1. The molecule has 2 N–H and O–H groups in total. The van der Waals surface area contributed by atoms with Gasteiger partial charge in [-0.2, -0.15) is 5.10 Å². The van der Waals surface area contributed by atoms with Crippen molar-refractivity contribution in [2.24, 2.45) is 0 Å². The molecule has 0 unspecified atom stereocenters. The molecule has 5 heteroatoms. The van der Waals surface area contributed by atoms with Crippen LogP contribution in [0.2, 0.25) is 0 Å². The van der Waals surface area contributed by atoms with Gasteiger partial charge in [0.15, 0.2) is 0 Å². The molecule has 0 atom stereocenters. The Labute approximate surface area is 123 Å². The lowest BCUT2D eigenvalue weighted by Gasteiger charge is -2.21. The third-order valence-corrected chi connectivity index (χ3v) is 3.99. The van der Waals surface area contributed by atoms with E-state index >= 15 is 0 Å². The normalized spacial score (nSPS) is 16.8. The largest absolute Gasteiger partial charge is 0.380 e. The molecule has 0 aliphatic heterocycles. The molecule has 1 heterocycles. The van der Waals surface area contributed by atoms with Crippen molar-refractivity contribution >= 4 is 5.91 Å². The van der Waals surface area contributed by atoms with Gasteiger partial charge in [-0.3, -0.25) is 4.79 Å². The third kappa shape index (κ3) is 2.97. The van der Waals surface area contributed by atoms with E-state index in [1.165, 1.54) is 0 Å². The summed E-state index contributed by atoms with van der Waals surface area (Å²) in [4.78, 5) is 12.1. The quantitative estimate of drug-likeness (QED) is 0.900. The number of rotatable bonds is 4. The summed E-state index contributed by atoms with van der Waals surface area (Å²) in [7, 11) is 0. The highest BCUT2D eigenvalue weighted by Gasteiger charge is 2.38. The van der Waals surface area contributed by atoms with E-state index in [1.54, 1.807) is 10.9 Å². The first-order valence-electron chi connectivity index (χ1n) is 7.27. The first-order chi connectivity index (χ1) is 10.2. The van der Waals surface area contributed by atoms with E-state index in [9.17, 15) is 9.90 Å². The molecular formula is C16H19N3O2. The van der Waals surface area contributed by atoms with Gasteiger partial charge < -0.3 is 10.4 Å². The second-order valence-electron chi connectivity index (χ2n) is 5.54. The zero-order valence-electron chi connectivity index (χ0n) is 11.8. The van der Waals surface area contributed by atoms with Crippen LogP contribution in [0.15, 0.2) is 42.7 Å². The van der Waals surface area contributed by atoms with Crippen molar-refractivity contribution in [3.63, 3.8) is 0 Å². The van der Waals surface area contributed by atoms with Crippen LogP contribution in [0.5, 0.6) is 0 Å². The fraction of sp³-hybridized carbons (Fsp3) is 0.375. The summed E-state index contributed by atoms with van der Waals surface area (Å²) in [6.45, 7) is 0.413. The van der Waals surface area contributed by atoms with Gasteiger partial charge in [0.25, 0.3) is 5.91 Å². The molecular weight excluding hydrogens is 266 g/mol. The Morgan fingerprint density at radius 2 is 2.14 bits per heavy atom. The van der Waals surface area contributed by atoms with Gasteiger partial charge in [-0.15, -0.1) is 0 Å². The van der Waals surface area contributed by atoms with Gasteiger partial charge in [-0.05, 0) is 49.4 Å². The summed E-state index contributed by atoms with van der Waals surface area (Å²) in [6.07, 6.45) is 6.55. The third-order valence-electron chi connectivity index (χ3n) is 3.99. The van der Waals surface area contributed by atoms with Crippen LogP contribution >= 0.6 is 0 Å². The Bertz CT molecular complexity index is 616. The van der Waals surface area contributed by atoms with E-state index in [1.807, 2.05) is 36.5 Å². The lowest BCUT2D eigenvalue weighted by Crippen LogP contribution is -2.44. The number of carbonyl (C=O) groups excluding carboxylic acids is 1. The molecule has 1 amide bonds. The van der Waals surface area contributed by atoms with E-state index in [2.05, 4.69) is 10.4 Å². The first kappa shape index (κ1) is 13.8. The van der Waals surface area contributed by atoms with Crippen LogP contribution in [-0.2, 0) is 11.3 Å². The van der Waals surface area contributed by atoms with Crippen LogP contribution in [0.25, 0.3) is 5.69 Å². The highest BCUT2D eigenvalue weighted by Crippen LogP contribution is 2.29. The monoisotopic (exact) mass is 285 g/mol. The molecule has 0 radical (unpaired) electrons. The maximum Gasteiger partial charge on any atom is 0.252 e. The summed E-state index contributed by atoms with van der Waals surface area (Å²) >= 11 is 0. The fourth-order valence-corrected chi connectivity index (χ4v) is 2.76. The van der Waals surface area contributed by atoms with Gasteiger partial charge in [0, 0.05) is 18.9 Å². The number of hydrogen-bond acceptors (Lipinski definition) is 3. The summed E-state index contributed by atoms with van der Waals surface area (Å²) in [5, 5.41) is 17.2. The molecule has 1 fully saturated rings. The molecule has 0 spiro atoms. The molecule has 0 saturated heterocycles. The lowest BCUT2D eigenvalue weighted by molar-refractivity contribution is -0.139.